The third-order valence-electron chi connectivity index (χ3n) is 4.15. The van der Waals surface area contributed by atoms with Gasteiger partial charge in [-0.05, 0) is 47.7 Å². The van der Waals surface area contributed by atoms with Crippen molar-refractivity contribution in [3.05, 3.63) is 21.9 Å². The van der Waals surface area contributed by atoms with Crippen LogP contribution >= 0.6 is 11.3 Å². The molecule has 1 unspecified atom stereocenters. The predicted octanol–water partition coefficient (Wildman–Crippen LogP) is 2.31. The molecule has 4 heteroatoms. The third-order valence-corrected chi connectivity index (χ3v) is 5.06. The van der Waals surface area contributed by atoms with E-state index in [-0.39, 0.29) is 11.3 Å². The summed E-state index contributed by atoms with van der Waals surface area (Å²) >= 11 is 1.69. The van der Waals surface area contributed by atoms with Crippen LogP contribution in [-0.4, -0.2) is 19.0 Å². The molecule has 1 aromatic heterocycles. The summed E-state index contributed by atoms with van der Waals surface area (Å²) < 4.78 is 0. The summed E-state index contributed by atoms with van der Waals surface area (Å²) in [4.78, 5) is 12.5. The van der Waals surface area contributed by atoms with Crippen molar-refractivity contribution >= 4 is 17.2 Å². The van der Waals surface area contributed by atoms with Crippen LogP contribution in [0.3, 0.4) is 0 Å². The van der Waals surface area contributed by atoms with E-state index in [1.807, 2.05) is 0 Å². The molecule has 1 aliphatic rings. The molecule has 0 aliphatic carbocycles. The van der Waals surface area contributed by atoms with E-state index in [1.165, 1.54) is 11.1 Å². The van der Waals surface area contributed by atoms with Gasteiger partial charge >= 0.3 is 0 Å². The summed E-state index contributed by atoms with van der Waals surface area (Å²) in [5, 5.41) is 10.7. The molecule has 1 amide bonds. The highest BCUT2D eigenvalue weighted by atomic mass is 32.1. The Labute approximate surface area is 113 Å². The first-order valence-corrected chi connectivity index (χ1v) is 7.51. The largest absolute Gasteiger partial charge is 0.351 e. The zero-order chi connectivity index (χ0) is 13.2. The summed E-state index contributed by atoms with van der Waals surface area (Å²) in [7, 11) is 0. The van der Waals surface area contributed by atoms with E-state index >= 15 is 0 Å². The Morgan fingerprint density at radius 3 is 2.83 bits per heavy atom. The normalized spacial score (nSPS) is 23.6. The topological polar surface area (TPSA) is 41.1 Å². The number of hydrogen-bond donors (Lipinski definition) is 2. The van der Waals surface area contributed by atoms with Crippen LogP contribution in [0.1, 0.15) is 31.4 Å². The molecular formula is C14H22N2OS. The molecular weight excluding hydrogens is 244 g/mol. The molecule has 1 atom stereocenters. The zero-order valence-corrected chi connectivity index (χ0v) is 12.2. The molecule has 0 aromatic carbocycles. The molecule has 2 N–H and O–H groups in total. The summed E-state index contributed by atoms with van der Waals surface area (Å²) in [6, 6.07) is 0. The van der Waals surface area contributed by atoms with E-state index in [4.69, 9.17) is 0 Å². The number of nitrogens with one attached hydrogen (secondary N) is 2. The minimum absolute atomic E-state index is 0.202. The summed E-state index contributed by atoms with van der Waals surface area (Å²) in [6.07, 6.45) is 0.944. The van der Waals surface area contributed by atoms with Crippen molar-refractivity contribution in [2.24, 2.45) is 11.3 Å². The Morgan fingerprint density at radius 1 is 1.56 bits per heavy atom. The minimum Gasteiger partial charge on any atom is -0.351 e. The van der Waals surface area contributed by atoms with Crippen molar-refractivity contribution < 1.29 is 4.79 Å². The molecule has 2 rings (SSSR count). The first kappa shape index (κ1) is 13.6. The molecule has 3 nitrogen and oxygen atoms in total. The highest BCUT2D eigenvalue weighted by Gasteiger charge is 2.43. The van der Waals surface area contributed by atoms with Crippen LogP contribution in [0.2, 0.25) is 0 Å². The Bertz CT molecular complexity index is 419. The molecule has 1 fully saturated rings. The fraction of sp³-hybridized carbons (Fsp3) is 0.643. The maximum atomic E-state index is 12.5. The van der Waals surface area contributed by atoms with Crippen molar-refractivity contribution in [3.8, 4) is 0 Å². The SMILES string of the molecule is Cc1cscc1CNC(=O)C1(C(C)C)CCNC1. The quantitative estimate of drug-likeness (QED) is 0.878. The fourth-order valence-corrected chi connectivity index (χ4v) is 3.44. The molecule has 1 aromatic rings. The second-order valence-electron chi connectivity index (χ2n) is 5.50. The van der Waals surface area contributed by atoms with Gasteiger partial charge in [0.05, 0.1) is 5.41 Å². The van der Waals surface area contributed by atoms with Crippen LogP contribution in [-0.2, 0) is 11.3 Å². The van der Waals surface area contributed by atoms with Crippen LogP contribution in [0.25, 0.3) is 0 Å². The van der Waals surface area contributed by atoms with Crippen molar-refractivity contribution in [1.82, 2.24) is 10.6 Å². The maximum Gasteiger partial charge on any atom is 0.228 e. The molecule has 0 bridgehead atoms. The second-order valence-corrected chi connectivity index (χ2v) is 6.24. The number of amides is 1. The number of carbonyl (C=O) groups excluding carboxylic acids is 1. The van der Waals surface area contributed by atoms with Gasteiger partial charge in [-0.3, -0.25) is 4.79 Å². The standard InChI is InChI=1S/C14H22N2OS/c1-10(2)14(4-5-15-9-14)13(17)16-6-12-8-18-7-11(12)3/h7-8,10,15H,4-6,9H2,1-3H3,(H,16,17). The number of hydrogen-bond acceptors (Lipinski definition) is 3. The van der Waals surface area contributed by atoms with Crippen LogP contribution in [0.4, 0.5) is 0 Å². The van der Waals surface area contributed by atoms with Gasteiger partial charge in [0, 0.05) is 13.1 Å². The van der Waals surface area contributed by atoms with Gasteiger partial charge in [0.15, 0.2) is 0 Å². The van der Waals surface area contributed by atoms with Gasteiger partial charge in [-0.2, -0.15) is 11.3 Å². The van der Waals surface area contributed by atoms with Gasteiger partial charge in [0.1, 0.15) is 0 Å². The van der Waals surface area contributed by atoms with Gasteiger partial charge in [0.2, 0.25) is 5.91 Å². The van der Waals surface area contributed by atoms with Crippen LogP contribution in [0.15, 0.2) is 10.8 Å². The second kappa shape index (κ2) is 5.41. The van der Waals surface area contributed by atoms with Crippen LogP contribution in [0.5, 0.6) is 0 Å². The van der Waals surface area contributed by atoms with E-state index in [1.54, 1.807) is 11.3 Å². The monoisotopic (exact) mass is 266 g/mol. The molecule has 18 heavy (non-hydrogen) atoms. The lowest BCUT2D eigenvalue weighted by Gasteiger charge is -2.31. The first-order valence-electron chi connectivity index (χ1n) is 6.57. The van der Waals surface area contributed by atoms with E-state index in [0.29, 0.717) is 12.5 Å². The smallest absolute Gasteiger partial charge is 0.228 e. The lowest BCUT2D eigenvalue weighted by Crippen LogP contribution is -2.45. The molecule has 0 radical (unpaired) electrons. The van der Waals surface area contributed by atoms with E-state index in [0.717, 1.165) is 19.5 Å². The average Bonchev–Trinajstić information content (AvgIpc) is 2.95. The lowest BCUT2D eigenvalue weighted by molar-refractivity contribution is -0.132. The van der Waals surface area contributed by atoms with Gasteiger partial charge in [-0.1, -0.05) is 13.8 Å². The van der Waals surface area contributed by atoms with E-state index in [2.05, 4.69) is 42.2 Å². The Kier molecular flexibility index (Phi) is 4.07. The van der Waals surface area contributed by atoms with Gasteiger partial charge in [-0.25, -0.2) is 0 Å². The maximum absolute atomic E-state index is 12.5. The Hall–Kier alpha value is -0.870. The minimum atomic E-state index is -0.218. The highest BCUT2D eigenvalue weighted by molar-refractivity contribution is 7.08. The molecule has 100 valence electrons. The van der Waals surface area contributed by atoms with Crippen LogP contribution < -0.4 is 10.6 Å². The van der Waals surface area contributed by atoms with E-state index < -0.39 is 0 Å². The number of aryl methyl sites for hydroxylation is 1. The van der Waals surface area contributed by atoms with Gasteiger partial charge in [-0.15, -0.1) is 0 Å². The van der Waals surface area contributed by atoms with Crippen molar-refractivity contribution in [3.63, 3.8) is 0 Å². The number of carbonyl (C=O) groups is 1. The third kappa shape index (κ3) is 2.45. The molecule has 0 spiro atoms. The average molecular weight is 266 g/mol. The van der Waals surface area contributed by atoms with Gasteiger partial charge in [0.25, 0.3) is 0 Å². The van der Waals surface area contributed by atoms with Crippen molar-refractivity contribution in [2.45, 2.75) is 33.7 Å². The Balaban J connectivity index is 2.00. The molecule has 0 saturated carbocycles. The molecule has 2 heterocycles. The summed E-state index contributed by atoms with van der Waals surface area (Å²) in [6.45, 7) is 8.78. The van der Waals surface area contributed by atoms with E-state index in [9.17, 15) is 4.79 Å². The number of thiophene rings is 1. The lowest BCUT2D eigenvalue weighted by atomic mass is 9.75. The van der Waals surface area contributed by atoms with Crippen molar-refractivity contribution in [1.29, 1.82) is 0 Å². The van der Waals surface area contributed by atoms with Gasteiger partial charge < -0.3 is 10.6 Å². The first-order chi connectivity index (χ1) is 8.56. The zero-order valence-electron chi connectivity index (χ0n) is 11.4. The van der Waals surface area contributed by atoms with Crippen LogP contribution in [0, 0.1) is 18.3 Å². The molecule has 1 saturated heterocycles. The summed E-state index contributed by atoms with van der Waals surface area (Å²) in [5.41, 5.74) is 2.28. The van der Waals surface area contributed by atoms with Crippen molar-refractivity contribution in [2.75, 3.05) is 13.1 Å². The summed E-state index contributed by atoms with van der Waals surface area (Å²) in [5.74, 6) is 0.573. The fourth-order valence-electron chi connectivity index (χ4n) is 2.58. The highest BCUT2D eigenvalue weighted by Crippen LogP contribution is 2.34. The Morgan fingerprint density at radius 2 is 2.33 bits per heavy atom. The number of rotatable bonds is 4. The molecule has 1 aliphatic heterocycles. The predicted molar refractivity (Wildman–Crippen MR) is 75.7 cm³/mol.